The lowest BCUT2D eigenvalue weighted by Gasteiger charge is -2.30. The van der Waals surface area contributed by atoms with Crippen LogP contribution in [0.25, 0.3) is 11.1 Å². The number of carbonyl (C=O) groups is 1. The standard InChI is InChI=1S/C19H19F3N2O3/c1-9-3-4-11(14(20)7-9)13-8-15(17(23)25)24-18-12(13)5-6-16(27-18)10(2)26-19(21)22/h3-4,7-8,10,16,19H,5-6H2,1-2H3,(H2,23,25)/t10-,16-/m1/s1. The van der Waals surface area contributed by atoms with Gasteiger partial charge in [0.25, 0.3) is 5.91 Å². The number of alkyl halides is 2. The van der Waals surface area contributed by atoms with Crippen LogP contribution in [0.3, 0.4) is 0 Å². The van der Waals surface area contributed by atoms with Crippen molar-refractivity contribution >= 4 is 5.91 Å². The number of fused-ring (bicyclic) bond motifs is 1. The van der Waals surface area contributed by atoms with E-state index in [-0.39, 0.29) is 11.6 Å². The molecular weight excluding hydrogens is 361 g/mol. The SMILES string of the molecule is Cc1ccc(-c2cc(C(N)=O)nc3c2CC[C@H]([C@@H](C)OC(F)F)O3)c(F)c1. The van der Waals surface area contributed by atoms with E-state index in [1.54, 1.807) is 19.1 Å². The van der Waals surface area contributed by atoms with Gasteiger partial charge in [0, 0.05) is 11.1 Å². The molecule has 144 valence electrons. The number of aryl methyl sites for hydroxylation is 1. The van der Waals surface area contributed by atoms with Gasteiger partial charge in [0.2, 0.25) is 5.88 Å². The minimum Gasteiger partial charge on any atom is -0.471 e. The average Bonchev–Trinajstić information content (AvgIpc) is 2.59. The highest BCUT2D eigenvalue weighted by Gasteiger charge is 2.31. The lowest BCUT2D eigenvalue weighted by molar-refractivity contribution is -0.180. The third kappa shape index (κ3) is 4.05. The molecule has 0 unspecified atom stereocenters. The third-order valence-corrected chi connectivity index (χ3v) is 4.54. The maximum atomic E-state index is 14.5. The first-order valence-electron chi connectivity index (χ1n) is 8.46. The quantitative estimate of drug-likeness (QED) is 0.860. The molecule has 0 saturated carbocycles. The number of nitrogens with two attached hydrogens (primary N) is 1. The predicted molar refractivity (Wildman–Crippen MR) is 92.2 cm³/mol. The normalized spacial score (nSPS) is 17.3. The summed E-state index contributed by atoms with van der Waals surface area (Å²) in [6, 6.07) is 6.18. The topological polar surface area (TPSA) is 74.4 Å². The lowest BCUT2D eigenvalue weighted by Crippen LogP contribution is -2.36. The molecule has 2 atom stereocenters. The first kappa shape index (κ1) is 19.2. The molecule has 0 radical (unpaired) electrons. The summed E-state index contributed by atoms with van der Waals surface area (Å²) in [5.74, 6) is -1.16. The number of primary amides is 1. The second-order valence-electron chi connectivity index (χ2n) is 6.48. The summed E-state index contributed by atoms with van der Waals surface area (Å²) in [7, 11) is 0. The van der Waals surface area contributed by atoms with Gasteiger partial charge in [-0.1, -0.05) is 12.1 Å². The summed E-state index contributed by atoms with van der Waals surface area (Å²) in [4.78, 5) is 15.8. The van der Waals surface area contributed by atoms with E-state index in [4.69, 9.17) is 10.5 Å². The molecule has 0 saturated heterocycles. The van der Waals surface area contributed by atoms with Gasteiger partial charge in [-0.3, -0.25) is 4.79 Å². The van der Waals surface area contributed by atoms with E-state index in [1.807, 2.05) is 0 Å². The molecule has 0 aliphatic carbocycles. The number of rotatable bonds is 5. The van der Waals surface area contributed by atoms with Crippen molar-refractivity contribution in [3.8, 4) is 17.0 Å². The number of ether oxygens (including phenoxy) is 2. The number of hydrogen-bond donors (Lipinski definition) is 1. The van der Waals surface area contributed by atoms with Gasteiger partial charge < -0.3 is 15.2 Å². The fourth-order valence-electron chi connectivity index (χ4n) is 3.16. The molecular formula is C19H19F3N2O3. The van der Waals surface area contributed by atoms with Crippen LogP contribution in [0, 0.1) is 12.7 Å². The van der Waals surface area contributed by atoms with E-state index in [0.29, 0.717) is 29.5 Å². The van der Waals surface area contributed by atoms with Crippen molar-refractivity contribution in [3.05, 3.63) is 46.9 Å². The van der Waals surface area contributed by atoms with E-state index in [1.165, 1.54) is 19.1 Å². The predicted octanol–water partition coefficient (Wildman–Crippen LogP) is 3.62. The highest BCUT2D eigenvalue weighted by atomic mass is 19.3. The van der Waals surface area contributed by atoms with Crippen LogP contribution in [0.4, 0.5) is 13.2 Å². The summed E-state index contributed by atoms with van der Waals surface area (Å²) >= 11 is 0. The van der Waals surface area contributed by atoms with Crippen molar-refractivity contribution in [1.29, 1.82) is 0 Å². The number of amides is 1. The van der Waals surface area contributed by atoms with Crippen LogP contribution in [0.1, 0.15) is 35.0 Å². The minimum atomic E-state index is -2.92. The van der Waals surface area contributed by atoms with Crippen molar-refractivity contribution in [2.24, 2.45) is 5.73 Å². The first-order chi connectivity index (χ1) is 12.8. The van der Waals surface area contributed by atoms with E-state index in [9.17, 15) is 18.0 Å². The number of benzene rings is 1. The van der Waals surface area contributed by atoms with Crippen LogP contribution >= 0.6 is 0 Å². The van der Waals surface area contributed by atoms with E-state index in [0.717, 1.165) is 5.56 Å². The Bertz CT molecular complexity index is 874. The molecule has 1 aromatic carbocycles. The van der Waals surface area contributed by atoms with Crippen LogP contribution in [0.2, 0.25) is 0 Å². The largest absolute Gasteiger partial charge is 0.471 e. The van der Waals surface area contributed by atoms with Gasteiger partial charge in [0.1, 0.15) is 17.6 Å². The van der Waals surface area contributed by atoms with E-state index < -0.39 is 30.5 Å². The maximum absolute atomic E-state index is 14.5. The van der Waals surface area contributed by atoms with E-state index >= 15 is 0 Å². The summed E-state index contributed by atoms with van der Waals surface area (Å²) < 4.78 is 49.7. The third-order valence-electron chi connectivity index (χ3n) is 4.54. The minimum absolute atomic E-state index is 0.0854. The van der Waals surface area contributed by atoms with E-state index in [2.05, 4.69) is 9.72 Å². The molecule has 2 aromatic rings. The highest BCUT2D eigenvalue weighted by Crippen LogP contribution is 2.37. The summed E-state index contributed by atoms with van der Waals surface area (Å²) in [6.07, 6.45) is -0.750. The molecule has 27 heavy (non-hydrogen) atoms. The monoisotopic (exact) mass is 380 g/mol. The number of nitrogens with zero attached hydrogens (tertiary/aromatic N) is 1. The maximum Gasteiger partial charge on any atom is 0.345 e. The van der Waals surface area contributed by atoms with Gasteiger partial charge in [-0.25, -0.2) is 9.37 Å². The molecule has 1 aliphatic rings. The lowest BCUT2D eigenvalue weighted by atomic mass is 9.92. The second-order valence-corrected chi connectivity index (χ2v) is 6.48. The Labute approximate surface area is 154 Å². The Morgan fingerprint density at radius 1 is 1.33 bits per heavy atom. The molecule has 5 nitrogen and oxygen atoms in total. The van der Waals surface area contributed by atoms with Crippen LogP contribution in [0.5, 0.6) is 5.88 Å². The summed E-state index contributed by atoms with van der Waals surface area (Å²) in [5, 5.41) is 0. The van der Waals surface area contributed by atoms with Crippen LogP contribution < -0.4 is 10.5 Å². The van der Waals surface area contributed by atoms with Gasteiger partial charge in [0.15, 0.2) is 0 Å². The summed E-state index contributed by atoms with van der Waals surface area (Å²) in [5.41, 5.74) is 7.35. The Balaban J connectivity index is 2.05. The fraction of sp³-hybridized carbons (Fsp3) is 0.368. The van der Waals surface area contributed by atoms with Crippen LogP contribution in [-0.4, -0.2) is 29.7 Å². The van der Waals surface area contributed by atoms with Gasteiger partial charge in [0.05, 0.1) is 6.10 Å². The van der Waals surface area contributed by atoms with Gasteiger partial charge in [-0.15, -0.1) is 0 Å². The van der Waals surface area contributed by atoms with Crippen LogP contribution in [-0.2, 0) is 11.2 Å². The van der Waals surface area contributed by atoms with Crippen LogP contribution in [0.15, 0.2) is 24.3 Å². The van der Waals surface area contributed by atoms with Crippen molar-refractivity contribution in [2.75, 3.05) is 0 Å². The molecule has 2 N–H and O–H groups in total. The zero-order chi connectivity index (χ0) is 19.7. The van der Waals surface area contributed by atoms with Gasteiger partial charge in [-0.05, 0) is 49.9 Å². The fourth-order valence-corrected chi connectivity index (χ4v) is 3.16. The molecule has 0 spiro atoms. The van der Waals surface area contributed by atoms with Crippen molar-refractivity contribution < 1.29 is 27.4 Å². The molecule has 2 heterocycles. The van der Waals surface area contributed by atoms with Gasteiger partial charge in [-0.2, -0.15) is 8.78 Å². The van der Waals surface area contributed by atoms with Crippen molar-refractivity contribution in [1.82, 2.24) is 4.98 Å². The van der Waals surface area contributed by atoms with Crippen molar-refractivity contribution in [2.45, 2.75) is 45.5 Å². The number of pyridine rings is 1. The first-order valence-corrected chi connectivity index (χ1v) is 8.46. The highest BCUT2D eigenvalue weighted by molar-refractivity contribution is 5.93. The Kier molecular flexibility index (Phi) is 5.36. The number of halogens is 3. The second kappa shape index (κ2) is 7.56. The average molecular weight is 380 g/mol. The Morgan fingerprint density at radius 3 is 2.70 bits per heavy atom. The molecule has 3 rings (SSSR count). The molecule has 8 heteroatoms. The van der Waals surface area contributed by atoms with Crippen molar-refractivity contribution in [3.63, 3.8) is 0 Å². The van der Waals surface area contributed by atoms with Gasteiger partial charge >= 0.3 is 6.61 Å². The molecule has 0 fully saturated rings. The zero-order valence-electron chi connectivity index (χ0n) is 14.8. The summed E-state index contributed by atoms with van der Waals surface area (Å²) in [6.45, 7) is 0.314. The smallest absolute Gasteiger partial charge is 0.345 e. The Hall–Kier alpha value is -2.61. The zero-order valence-corrected chi connectivity index (χ0v) is 14.8. The number of carbonyl (C=O) groups excluding carboxylic acids is 1. The Morgan fingerprint density at radius 2 is 2.07 bits per heavy atom. The molecule has 0 bridgehead atoms. The molecule has 1 aromatic heterocycles. The molecule has 1 amide bonds. The molecule has 1 aliphatic heterocycles. The number of aromatic nitrogens is 1. The number of hydrogen-bond acceptors (Lipinski definition) is 4.